The highest BCUT2D eigenvalue weighted by atomic mass is 16.7. The zero-order valence-electron chi connectivity index (χ0n) is 16.5. The maximum atomic E-state index is 5.70. The first kappa shape index (κ1) is 22.1. The summed E-state index contributed by atoms with van der Waals surface area (Å²) < 4.78 is 32.6. The third-order valence-corrected chi connectivity index (χ3v) is 4.48. The van der Waals surface area contributed by atoms with Crippen molar-refractivity contribution in [3.05, 3.63) is 0 Å². The van der Waals surface area contributed by atoms with Gasteiger partial charge in [0.15, 0.2) is 6.29 Å². The van der Waals surface area contributed by atoms with Gasteiger partial charge < -0.3 is 28.4 Å². The van der Waals surface area contributed by atoms with Gasteiger partial charge in [-0.2, -0.15) is 0 Å². The molecule has 2 aliphatic heterocycles. The molecule has 6 heteroatoms. The molecule has 0 spiro atoms. The van der Waals surface area contributed by atoms with Crippen molar-refractivity contribution >= 4 is 0 Å². The molecule has 2 unspecified atom stereocenters. The summed E-state index contributed by atoms with van der Waals surface area (Å²) in [6.45, 7) is 8.53. The quantitative estimate of drug-likeness (QED) is 0.185. The molecule has 0 amide bonds. The van der Waals surface area contributed by atoms with Crippen LogP contribution in [0.5, 0.6) is 0 Å². The first-order valence-electron chi connectivity index (χ1n) is 10.5. The molecule has 0 radical (unpaired) electrons. The molecule has 2 fully saturated rings. The van der Waals surface area contributed by atoms with Crippen molar-refractivity contribution in [3.63, 3.8) is 0 Å². The lowest BCUT2D eigenvalue weighted by molar-refractivity contribution is -0.131. The second-order valence-electron chi connectivity index (χ2n) is 7.20. The van der Waals surface area contributed by atoms with E-state index in [1.807, 2.05) is 6.92 Å². The second kappa shape index (κ2) is 14.8. The molecule has 0 aliphatic carbocycles. The second-order valence-corrected chi connectivity index (χ2v) is 7.20. The summed E-state index contributed by atoms with van der Waals surface area (Å²) >= 11 is 0. The van der Waals surface area contributed by atoms with Crippen LogP contribution >= 0.6 is 0 Å². The van der Waals surface area contributed by atoms with E-state index in [1.54, 1.807) is 0 Å². The normalized spacial score (nSPS) is 22.5. The molecule has 26 heavy (non-hydrogen) atoms. The fraction of sp³-hybridized carbons (Fsp3) is 1.00. The van der Waals surface area contributed by atoms with Gasteiger partial charge >= 0.3 is 0 Å². The van der Waals surface area contributed by atoms with Gasteiger partial charge in [-0.1, -0.05) is 25.7 Å². The highest BCUT2D eigenvalue weighted by molar-refractivity contribution is 4.67. The van der Waals surface area contributed by atoms with Crippen LogP contribution in [0.1, 0.15) is 58.3 Å². The van der Waals surface area contributed by atoms with E-state index in [0.29, 0.717) is 12.2 Å². The number of hydrogen-bond acceptors (Lipinski definition) is 6. The summed E-state index contributed by atoms with van der Waals surface area (Å²) in [5.74, 6) is 0. The van der Waals surface area contributed by atoms with E-state index in [2.05, 4.69) is 0 Å². The highest BCUT2D eigenvalue weighted by Crippen LogP contribution is 2.10. The van der Waals surface area contributed by atoms with Crippen LogP contribution in [0.2, 0.25) is 0 Å². The molecule has 154 valence electrons. The highest BCUT2D eigenvalue weighted by Gasteiger charge is 2.22. The smallest absolute Gasteiger partial charge is 0.154 e. The van der Waals surface area contributed by atoms with Crippen LogP contribution in [0.15, 0.2) is 0 Å². The van der Waals surface area contributed by atoms with Crippen molar-refractivity contribution in [2.45, 2.75) is 76.8 Å². The number of ether oxygens (including phenoxy) is 6. The van der Waals surface area contributed by atoms with Gasteiger partial charge in [0.05, 0.1) is 26.4 Å². The van der Waals surface area contributed by atoms with Crippen LogP contribution in [0.25, 0.3) is 0 Å². The lowest BCUT2D eigenvalue weighted by Gasteiger charge is -2.14. The van der Waals surface area contributed by atoms with Gasteiger partial charge in [0.2, 0.25) is 0 Å². The third-order valence-electron chi connectivity index (χ3n) is 4.48. The minimum Gasteiger partial charge on any atom is -0.379 e. The van der Waals surface area contributed by atoms with E-state index in [-0.39, 0.29) is 6.29 Å². The van der Waals surface area contributed by atoms with E-state index in [1.165, 1.54) is 25.7 Å². The van der Waals surface area contributed by atoms with E-state index in [4.69, 9.17) is 28.4 Å². The third kappa shape index (κ3) is 13.9. The van der Waals surface area contributed by atoms with Crippen LogP contribution in [0.4, 0.5) is 0 Å². The topological polar surface area (TPSA) is 62.0 Å². The van der Waals surface area contributed by atoms with Gasteiger partial charge in [0.25, 0.3) is 0 Å². The monoisotopic (exact) mass is 374 g/mol. The van der Waals surface area contributed by atoms with E-state index in [0.717, 1.165) is 78.5 Å². The van der Waals surface area contributed by atoms with Gasteiger partial charge in [-0.3, -0.25) is 0 Å². The van der Waals surface area contributed by atoms with Gasteiger partial charge in [-0.15, -0.1) is 0 Å². The average molecular weight is 375 g/mol. The Morgan fingerprint density at radius 2 is 1.04 bits per heavy atom. The largest absolute Gasteiger partial charge is 0.379 e. The van der Waals surface area contributed by atoms with Crippen LogP contribution in [0, 0.1) is 0 Å². The molecule has 2 heterocycles. The Labute approximate surface area is 158 Å². The SMILES string of the molecule is CC(OCCCCCCOCC1CO1)OCCCCCCOCC1CO1. The molecular weight excluding hydrogens is 336 g/mol. The molecule has 0 aromatic heterocycles. The fourth-order valence-electron chi connectivity index (χ4n) is 2.62. The molecule has 2 atom stereocenters. The van der Waals surface area contributed by atoms with Crippen LogP contribution in [-0.4, -0.2) is 71.4 Å². The molecule has 0 N–H and O–H groups in total. The average Bonchev–Trinajstić information content (AvgIpc) is 3.53. The van der Waals surface area contributed by atoms with Crippen molar-refractivity contribution in [1.82, 2.24) is 0 Å². The van der Waals surface area contributed by atoms with E-state index < -0.39 is 0 Å². The van der Waals surface area contributed by atoms with Crippen molar-refractivity contribution in [3.8, 4) is 0 Å². The van der Waals surface area contributed by atoms with E-state index in [9.17, 15) is 0 Å². The maximum Gasteiger partial charge on any atom is 0.154 e. The standard InChI is InChI=1S/C20H38O6/c1-18(23-12-8-4-2-6-10-21-14-19-16-25-19)24-13-9-5-3-7-11-22-15-20-17-26-20/h18-20H,2-17H2,1H3. The predicted octanol–water partition coefficient (Wildman–Crippen LogP) is 3.32. The van der Waals surface area contributed by atoms with Gasteiger partial charge in [-0.05, 0) is 32.6 Å². The van der Waals surface area contributed by atoms with Crippen LogP contribution in [0.3, 0.4) is 0 Å². The summed E-state index contributed by atoms with van der Waals surface area (Å²) in [5.41, 5.74) is 0. The molecular formula is C20H38O6. The minimum atomic E-state index is -0.0984. The number of epoxide rings is 2. The fourth-order valence-corrected chi connectivity index (χ4v) is 2.62. The molecule has 6 nitrogen and oxygen atoms in total. The Bertz CT molecular complexity index is 289. The number of rotatable bonds is 20. The first-order chi connectivity index (χ1) is 12.8. The predicted molar refractivity (Wildman–Crippen MR) is 99.4 cm³/mol. The molecule has 0 aromatic rings. The van der Waals surface area contributed by atoms with Crippen molar-refractivity contribution in [1.29, 1.82) is 0 Å². The van der Waals surface area contributed by atoms with Crippen LogP contribution < -0.4 is 0 Å². The van der Waals surface area contributed by atoms with E-state index >= 15 is 0 Å². The van der Waals surface area contributed by atoms with Crippen molar-refractivity contribution in [2.75, 3.05) is 52.9 Å². The minimum absolute atomic E-state index is 0.0984. The Hall–Kier alpha value is -0.240. The lowest BCUT2D eigenvalue weighted by atomic mass is 10.2. The summed E-state index contributed by atoms with van der Waals surface area (Å²) in [6.07, 6.45) is 9.85. The Morgan fingerprint density at radius 1 is 0.654 bits per heavy atom. The van der Waals surface area contributed by atoms with Crippen molar-refractivity contribution < 1.29 is 28.4 Å². The van der Waals surface area contributed by atoms with Crippen LogP contribution in [-0.2, 0) is 28.4 Å². The zero-order chi connectivity index (χ0) is 18.3. The lowest BCUT2D eigenvalue weighted by Crippen LogP contribution is -2.14. The molecule has 0 saturated carbocycles. The number of unbranched alkanes of at least 4 members (excludes halogenated alkanes) is 6. The summed E-state index contributed by atoms with van der Waals surface area (Å²) in [5, 5.41) is 0. The molecule has 2 rings (SSSR count). The summed E-state index contributed by atoms with van der Waals surface area (Å²) in [4.78, 5) is 0. The zero-order valence-corrected chi connectivity index (χ0v) is 16.5. The first-order valence-corrected chi connectivity index (χ1v) is 10.5. The van der Waals surface area contributed by atoms with Crippen molar-refractivity contribution in [2.24, 2.45) is 0 Å². The molecule has 0 bridgehead atoms. The Kier molecular flexibility index (Phi) is 12.5. The van der Waals surface area contributed by atoms with Gasteiger partial charge in [0, 0.05) is 26.4 Å². The Balaban J connectivity index is 1.20. The van der Waals surface area contributed by atoms with Gasteiger partial charge in [-0.25, -0.2) is 0 Å². The summed E-state index contributed by atoms with van der Waals surface area (Å²) in [6, 6.07) is 0. The molecule has 2 saturated heterocycles. The number of hydrogen-bond donors (Lipinski definition) is 0. The Morgan fingerprint density at radius 3 is 1.42 bits per heavy atom. The maximum absolute atomic E-state index is 5.70. The summed E-state index contributed by atoms with van der Waals surface area (Å²) in [7, 11) is 0. The molecule has 0 aromatic carbocycles. The van der Waals surface area contributed by atoms with Gasteiger partial charge in [0.1, 0.15) is 12.2 Å². The molecule has 2 aliphatic rings.